The van der Waals surface area contributed by atoms with Crippen LogP contribution in [0.1, 0.15) is 10.5 Å². The first-order chi connectivity index (χ1) is 9.16. The van der Waals surface area contributed by atoms with Crippen LogP contribution in [0.2, 0.25) is 10.0 Å². The second-order valence-electron chi connectivity index (χ2n) is 3.63. The summed E-state index contributed by atoms with van der Waals surface area (Å²) < 4.78 is 5.33. The van der Waals surface area contributed by atoms with Crippen LogP contribution >= 0.6 is 23.2 Å². The normalized spacial score (nSPS) is 10.2. The number of carbonyl (C=O) groups excluding carboxylic acids is 1. The molecule has 0 aromatic carbocycles. The molecule has 0 aliphatic heterocycles. The van der Waals surface area contributed by atoms with Gasteiger partial charge in [0, 0.05) is 12.4 Å². The highest BCUT2D eigenvalue weighted by Gasteiger charge is 2.06. The summed E-state index contributed by atoms with van der Waals surface area (Å²) in [5.74, 6) is 0.101. The number of pyridine rings is 1. The van der Waals surface area contributed by atoms with Crippen molar-refractivity contribution in [2.45, 2.75) is 0 Å². The van der Waals surface area contributed by atoms with Crippen LogP contribution in [0.3, 0.4) is 0 Å². The van der Waals surface area contributed by atoms with Crippen LogP contribution in [0.4, 0.5) is 0 Å². The molecule has 2 heterocycles. The molecule has 0 radical (unpaired) electrons. The second-order valence-corrected chi connectivity index (χ2v) is 4.47. The monoisotopic (exact) mass is 299 g/mol. The minimum atomic E-state index is -0.191. The molecule has 0 bridgehead atoms. The lowest BCUT2D eigenvalue weighted by molar-refractivity contribution is 0.0942. The number of H-pyrrole nitrogens is 1. The van der Waals surface area contributed by atoms with Crippen molar-refractivity contribution >= 4 is 29.1 Å². The summed E-state index contributed by atoms with van der Waals surface area (Å²) in [4.78, 5) is 18.3. The predicted octanol–water partition coefficient (Wildman–Crippen LogP) is 2.53. The summed E-state index contributed by atoms with van der Waals surface area (Å²) in [7, 11) is 0. The maximum Gasteiger partial charge on any atom is 0.267 e. The van der Waals surface area contributed by atoms with Crippen molar-refractivity contribution in [3.05, 3.63) is 46.3 Å². The SMILES string of the molecule is O=C(NCCOc1ncc(Cl)cc1Cl)c1ccc[nH]1. The molecule has 0 atom stereocenters. The third kappa shape index (κ3) is 3.87. The fraction of sp³-hybridized carbons (Fsp3) is 0.167. The van der Waals surface area contributed by atoms with Gasteiger partial charge in [-0.25, -0.2) is 4.98 Å². The van der Waals surface area contributed by atoms with Crippen molar-refractivity contribution in [2.24, 2.45) is 0 Å². The molecule has 7 heteroatoms. The van der Waals surface area contributed by atoms with E-state index in [9.17, 15) is 4.79 Å². The third-order valence-electron chi connectivity index (χ3n) is 2.24. The zero-order valence-corrected chi connectivity index (χ0v) is 11.3. The number of nitrogens with one attached hydrogen (secondary N) is 2. The van der Waals surface area contributed by atoms with E-state index in [0.29, 0.717) is 28.2 Å². The van der Waals surface area contributed by atoms with Gasteiger partial charge in [0.15, 0.2) is 0 Å². The molecule has 0 spiro atoms. The highest BCUT2D eigenvalue weighted by molar-refractivity contribution is 6.35. The first kappa shape index (κ1) is 13.7. The van der Waals surface area contributed by atoms with Crippen LogP contribution in [-0.4, -0.2) is 29.0 Å². The van der Waals surface area contributed by atoms with E-state index in [1.54, 1.807) is 24.4 Å². The van der Waals surface area contributed by atoms with E-state index in [4.69, 9.17) is 27.9 Å². The minimum Gasteiger partial charge on any atom is -0.475 e. The van der Waals surface area contributed by atoms with Crippen molar-refractivity contribution in [2.75, 3.05) is 13.2 Å². The summed E-state index contributed by atoms with van der Waals surface area (Å²) >= 11 is 11.6. The topological polar surface area (TPSA) is 67.0 Å². The molecule has 0 aliphatic rings. The van der Waals surface area contributed by atoms with Gasteiger partial charge >= 0.3 is 0 Å². The van der Waals surface area contributed by atoms with Crippen LogP contribution in [0.15, 0.2) is 30.6 Å². The molecule has 2 N–H and O–H groups in total. The number of nitrogens with zero attached hydrogens (tertiary/aromatic N) is 1. The number of halogens is 2. The van der Waals surface area contributed by atoms with E-state index < -0.39 is 0 Å². The van der Waals surface area contributed by atoms with E-state index >= 15 is 0 Å². The van der Waals surface area contributed by atoms with Gasteiger partial charge in [-0.3, -0.25) is 4.79 Å². The van der Waals surface area contributed by atoms with E-state index in [-0.39, 0.29) is 12.5 Å². The number of amides is 1. The largest absolute Gasteiger partial charge is 0.475 e. The van der Waals surface area contributed by atoms with E-state index in [1.165, 1.54) is 6.20 Å². The molecule has 100 valence electrons. The fourth-order valence-electron chi connectivity index (χ4n) is 1.39. The van der Waals surface area contributed by atoms with E-state index in [1.807, 2.05) is 0 Å². The Morgan fingerprint density at radius 1 is 1.47 bits per heavy atom. The summed E-state index contributed by atoms with van der Waals surface area (Å²) in [6.45, 7) is 0.610. The van der Waals surface area contributed by atoms with Gasteiger partial charge in [0.25, 0.3) is 5.91 Å². The average Bonchev–Trinajstić information content (AvgIpc) is 2.90. The highest BCUT2D eigenvalue weighted by atomic mass is 35.5. The quantitative estimate of drug-likeness (QED) is 0.834. The van der Waals surface area contributed by atoms with Crippen LogP contribution in [-0.2, 0) is 0 Å². The molecule has 0 saturated carbocycles. The molecule has 5 nitrogen and oxygen atoms in total. The lowest BCUT2D eigenvalue weighted by atomic mass is 10.4. The zero-order valence-electron chi connectivity index (χ0n) is 9.82. The lowest BCUT2D eigenvalue weighted by Crippen LogP contribution is -2.28. The third-order valence-corrected chi connectivity index (χ3v) is 2.72. The molecule has 0 fully saturated rings. The smallest absolute Gasteiger partial charge is 0.267 e. The Labute approximate surface area is 119 Å². The maximum absolute atomic E-state index is 11.6. The molecular formula is C12H11Cl2N3O2. The zero-order chi connectivity index (χ0) is 13.7. The molecule has 0 saturated heterocycles. The maximum atomic E-state index is 11.6. The Hall–Kier alpha value is -1.72. The van der Waals surface area contributed by atoms with E-state index in [2.05, 4.69) is 15.3 Å². The average molecular weight is 300 g/mol. The van der Waals surface area contributed by atoms with Gasteiger partial charge in [-0.2, -0.15) is 0 Å². The molecular weight excluding hydrogens is 289 g/mol. The van der Waals surface area contributed by atoms with Crippen LogP contribution in [0.25, 0.3) is 0 Å². The Balaban J connectivity index is 1.76. The highest BCUT2D eigenvalue weighted by Crippen LogP contribution is 2.24. The Morgan fingerprint density at radius 3 is 3.00 bits per heavy atom. The number of carbonyl (C=O) groups is 1. The lowest BCUT2D eigenvalue weighted by Gasteiger charge is -2.07. The van der Waals surface area contributed by atoms with Gasteiger partial charge in [-0.05, 0) is 18.2 Å². The van der Waals surface area contributed by atoms with Gasteiger partial charge in [0.1, 0.15) is 17.3 Å². The van der Waals surface area contributed by atoms with Crippen molar-refractivity contribution in [3.63, 3.8) is 0 Å². The number of ether oxygens (including phenoxy) is 1. The second kappa shape index (κ2) is 6.45. The van der Waals surface area contributed by atoms with Gasteiger partial charge in [0.2, 0.25) is 5.88 Å². The van der Waals surface area contributed by atoms with Gasteiger partial charge in [0.05, 0.1) is 11.6 Å². The van der Waals surface area contributed by atoms with Gasteiger partial charge in [-0.1, -0.05) is 23.2 Å². The molecule has 2 rings (SSSR count). The Kier molecular flexibility index (Phi) is 4.65. The first-order valence-electron chi connectivity index (χ1n) is 5.52. The van der Waals surface area contributed by atoms with Crippen molar-refractivity contribution in [1.29, 1.82) is 0 Å². The molecule has 2 aromatic heterocycles. The molecule has 0 aliphatic carbocycles. The van der Waals surface area contributed by atoms with Gasteiger partial charge in [-0.15, -0.1) is 0 Å². The molecule has 2 aromatic rings. The van der Waals surface area contributed by atoms with Crippen LogP contribution < -0.4 is 10.1 Å². The van der Waals surface area contributed by atoms with Crippen molar-refractivity contribution in [1.82, 2.24) is 15.3 Å². The molecule has 1 amide bonds. The number of aromatic nitrogens is 2. The molecule has 19 heavy (non-hydrogen) atoms. The Morgan fingerprint density at radius 2 is 2.32 bits per heavy atom. The standard InChI is InChI=1S/C12H11Cl2N3O2/c13-8-6-9(14)12(17-7-8)19-5-4-16-11(18)10-2-1-3-15-10/h1-3,6-7,15H,4-5H2,(H,16,18). The summed E-state index contributed by atoms with van der Waals surface area (Å²) in [6, 6.07) is 4.99. The number of hydrogen-bond donors (Lipinski definition) is 2. The van der Waals surface area contributed by atoms with Crippen LogP contribution in [0.5, 0.6) is 5.88 Å². The van der Waals surface area contributed by atoms with Crippen molar-refractivity contribution < 1.29 is 9.53 Å². The fourth-order valence-corrected chi connectivity index (χ4v) is 1.82. The van der Waals surface area contributed by atoms with Gasteiger partial charge < -0.3 is 15.0 Å². The van der Waals surface area contributed by atoms with E-state index in [0.717, 1.165) is 0 Å². The predicted molar refractivity (Wildman–Crippen MR) is 72.9 cm³/mol. The number of rotatable bonds is 5. The van der Waals surface area contributed by atoms with Crippen LogP contribution in [0, 0.1) is 0 Å². The number of hydrogen-bond acceptors (Lipinski definition) is 3. The number of aromatic amines is 1. The summed E-state index contributed by atoms with van der Waals surface area (Å²) in [6.07, 6.45) is 3.13. The summed E-state index contributed by atoms with van der Waals surface area (Å²) in [5, 5.41) is 3.47. The molecule has 0 unspecified atom stereocenters. The van der Waals surface area contributed by atoms with Crippen molar-refractivity contribution in [3.8, 4) is 5.88 Å². The minimum absolute atomic E-state index is 0.191. The Bertz CT molecular complexity index is 558. The summed E-state index contributed by atoms with van der Waals surface area (Å²) in [5.41, 5.74) is 0.502. The first-order valence-corrected chi connectivity index (χ1v) is 6.28.